The van der Waals surface area contributed by atoms with Gasteiger partial charge in [0.1, 0.15) is 5.75 Å². The summed E-state index contributed by atoms with van der Waals surface area (Å²) in [6.07, 6.45) is 2.32. The van der Waals surface area contributed by atoms with Gasteiger partial charge in [-0.1, -0.05) is 6.07 Å². The number of benzene rings is 1. The molecule has 0 saturated carbocycles. The number of carbonyl (C=O) groups is 1. The van der Waals surface area contributed by atoms with Crippen molar-refractivity contribution in [1.82, 2.24) is 0 Å². The van der Waals surface area contributed by atoms with E-state index in [4.69, 9.17) is 9.47 Å². The van der Waals surface area contributed by atoms with Crippen LogP contribution < -0.4 is 0 Å². The summed E-state index contributed by atoms with van der Waals surface area (Å²) in [5.74, 6) is -0.339. The molecule has 1 aromatic carbocycles. The van der Waals surface area contributed by atoms with Gasteiger partial charge in [-0.3, -0.25) is 0 Å². The van der Waals surface area contributed by atoms with Crippen LogP contribution in [-0.4, -0.2) is 24.0 Å². The maximum atomic E-state index is 11.9. The third kappa shape index (κ3) is 2.77. The molecule has 1 atom stereocenters. The molecule has 1 aromatic rings. The number of esters is 1. The molecule has 92 valence electrons. The zero-order valence-electron chi connectivity index (χ0n) is 9.81. The molecule has 0 aliphatic carbocycles. The topological polar surface area (TPSA) is 55.8 Å². The van der Waals surface area contributed by atoms with Crippen LogP contribution in [0.3, 0.4) is 0 Å². The number of hydrogen-bond acceptors (Lipinski definition) is 4. The Bertz CT molecular complexity index is 408. The quantitative estimate of drug-likeness (QED) is 0.801. The van der Waals surface area contributed by atoms with E-state index in [0.717, 1.165) is 19.3 Å². The smallest absolute Gasteiger partial charge is 0.340 e. The molecule has 0 radical (unpaired) electrons. The van der Waals surface area contributed by atoms with Gasteiger partial charge in [-0.15, -0.1) is 0 Å². The van der Waals surface area contributed by atoms with Crippen molar-refractivity contribution in [2.45, 2.75) is 32.5 Å². The van der Waals surface area contributed by atoms with Crippen LogP contribution in [0.1, 0.15) is 35.2 Å². The molecule has 1 unspecified atom stereocenters. The normalized spacial score (nSPS) is 19.9. The van der Waals surface area contributed by atoms with Crippen LogP contribution >= 0.6 is 0 Å². The third-order valence-corrected chi connectivity index (χ3v) is 2.90. The van der Waals surface area contributed by atoms with Gasteiger partial charge in [-0.25, -0.2) is 4.79 Å². The van der Waals surface area contributed by atoms with Crippen LogP contribution in [0.15, 0.2) is 18.2 Å². The van der Waals surface area contributed by atoms with Crippen molar-refractivity contribution in [3.8, 4) is 5.75 Å². The van der Waals surface area contributed by atoms with Crippen LogP contribution in [0.2, 0.25) is 0 Å². The van der Waals surface area contributed by atoms with Gasteiger partial charge in [0.15, 0.2) is 0 Å². The van der Waals surface area contributed by atoms with E-state index >= 15 is 0 Å². The molecule has 4 nitrogen and oxygen atoms in total. The fourth-order valence-corrected chi connectivity index (χ4v) is 1.83. The lowest BCUT2D eigenvalue weighted by Crippen LogP contribution is -2.25. The Morgan fingerprint density at radius 2 is 2.29 bits per heavy atom. The van der Waals surface area contributed by atoms with Crippen LogP contribution in [0, 0.1) is 6.92 Å². The van der Waals surface area contributed by atoms with Gasteiger partial charge in [-0.05, 0) is 31.9 Å². The number of aromatic hydroxyl groups is 1. The molecule has 2 rings (SSSR count). The Morgan fingerprint density at radius 1 is 1.47 bits per heavy atom. The van der Waals surface area contributed by atoms with Crippen LogP contribution in [-0.2, 0) is 9.47 Å². The van der Waals surface area contributed by atoms with Gasteiger partial charge in [0.25, 0.3) is 0 Å². The number of phenolic OH excluding ortho intramolecular Hbond substituents is 1. The summed E-state index contributed by atoms with van der Waals surface area (Å²) in [5, 5.41) is 9.52. The van der Waals surface area contributed by atoms with Gasteiger partial charge >= 0.3 is 5.97 Å². The lowest BCUT2D eigenvalue weighted by molar-refractivity contribution is -0.131. The second-order valence-corrected chi connectivity index (χ2v) is 4.15. The number of phenols is 1. The highest BCUT2D eigenvalue weighted by molar-refractivity contribution is 5.91. The van der Waals surface area contributed by atoms with Crippen molar-refractivity contribution < 1.29 is 19.4 Å². The largest absolute Gasteiger partial charge is 0.508 e. The Kier molecular flexibility index (Phi) is 3.64. The molecule has 0 bridgehead atoms. The summed E-state index contributed by atoms with van der Waals surface area (Å²) in [7, 11) is 0. The van der Waals surface area contributed by atoms with Crippen LogP contribution in [0.4, 0.5) is 0 Å². The highest BCUT2D eigenvalue weighted by atomic mass is 16.7. The molecule has 1 aliphatic rings. The molecule has 1 heterocycles. The highest BCUT2D eigenvalue weighted by Gasteiger charge is 2.20. The Labute approximate surface area is 100 Å². The highest BCUT2D eigenvalue weighted by Crippen LogP contribution is 2.22. The minimum Gasteiger partial charge on any atom is -0.508 e. The van der Waals surface area contributed by atoms with E-state index in [9.17, 15) is 9.90 Å². The first-order valence-corrected chi connectivity index (χ1v) is 5.79. The van der Waals surface area contributed by atoms with E-state index in [2.05, 4.69) is 0 Å². The zero-order valence-corrected chi connectivity index (χ0v) is 9.81. The van der Waals surface area contributed by atoms with Gasteiger partial charge in [0.05, 0.1) is 12.2 Å². The molecular weight excluding hydrogens is 220 g/mol. The molecule has 0 spiro atoms. The number of ether oxygens (including phenoxy) is 2. The van der Waals surface area contributed by atoms with Gasteiger partial charge < -0.3 is 14.6 Å². The Hall–Kier alpha value is -1.55. The molecule has 1 N–H and O–H groups in total. The maximum absolute atomic E-state index is 11.9. The van der Waals surface area contributed by atoms with Crippen molar-refractivity contribution in [2.75, 3.05) is 6.61 Å². The van der Waals surface area contributed by atoms with E-state index in [0.29, 0.717) is 17.7 Å². The van der Waals surface area contributed by atoms with Crippen LogP contribution in [0.5, 0.6) is 5.75 Å². The SMILES string of the molecule is Cc1c(O)cccc1C(=O)OC1CCCCO1. The predicted octanol–water partition coefficient (Wildman–Crippen LogP) is 2.38. The molecule has 17 heavy (non-hydrogen) atoms. The fraction of sp³-hybridized carbons (Fsp3) is 0.462. The molecule has 4 heteroatoms. The van der Waals surface area contributed by atoms with E-state index in [1.165, 1.54) is 0 Å². The predicted molar refractivity (Wildman–Crippen MR) is 61.9 cm³/mol. The van der Waals surface area contributed by atoms with E-state index < -0.39 is 12.3 Å². The summed E-state index contributed by atoms with van der Waals surface area (Å²) in [6.45, 7) is 2.32. The summed E-state index contributed by atoms with van der Waals surface area (Å²) >= 11 is 0. The van der Waals surface area contributed by atoms with Crippen molar-refractivity contribution in [3.63, 3.8) is 0 Å². The summed E-state index contributed by atoms with van der Waals surface area (Å²) in [5.41, 5.74) is 0.924. The molecule has 0 amide bonds. The number of carbonyl (C=O) groups excluding carboxylic acids is 1. The Morgan fingerprint density at radius 3 is 3.00 bits per heavy atom. The first kappa shape index (κ1) is 11.9. The summed E-state index contributed by atoms with van der Waals surface area (Å²) in [4.78, 5) is 11.9. The summed E-state index contributed by atoms with van der Waals surface area (Å²) < 4.78 is 10.6. The zero-order chi connectivity index (χ0) is 12.3. The first-order valence-electron chi connectivity index (χ1n) is 5.79. The lowest BCUT2D eigenvalue weighted by Gasteiger charge is -2.22. The molecule has 0 aromatic heterocycles. The van der Waals surface area contributed by atoms with Crippen LogP contribution in [0.25, 0.3) is 0 Å². The van der Waals surface area contributed by atoms with Crippen molar-refractivity contribution in [3.05, 3.63) is 29.3 Å². The minimum atomic E-state index is -0.446. The molecule has 1 fully saturated rings. The second-order valence-electron chi connectivity index (χ2n) is 4.15. The van der Waals surface area contributed by atoms with Gasteiger partial charge in [-0.2, -0.15) is 0 Å². The molecule has 1 aliphatic heterocycles. The van der Waals surface area contributed by atoms with Crippen molar-refractivity contribution >= 4 is 5.97 Å². The average Bonchev–Trinajstić information content (AvgIpc) is 2.34. The number of hydrogen-bond donors (Lipinski definition) is 1. The monoisotopic (exact) mass is 236 g/mol. The van der Waals surface area contributed by atoms with E-state index in [1.54, 1.807) is 25.1 Å². The maximum Gasteiger partial charge on any atom is 0.340 e. The van der Waals surface area contributed by atoms with E-state index in [1.807, 2.05) is 0 Å². The third-order valence-electron chi connectivity index (χ3n) is 2.90. The minimum absolute atomic E-state index is 0.101. The molecular formula is C13H16O4. The Balaban J connectivity index is 2.06. The van der Waals surface area contributed by atoms with Gasteiger partial charge in [0, 0.05) is 12.0 Å². The first-order chi connectivity index (χ1) is 8.18. The second kappa shape index (κ2) is 5.19. The van der Waals surface area contributed by atoms with Gasteiger partial charge in [0.2, 0.25) is 6.29 Å². The standard InChI is InChI=1S/C13H16O4/c1-9-10(5-4-6-11(9)14)13(15)17-12-7-2-3-8-16-12/h4-6,12,14H,2-3,7-8H2,1H3. The van der Waals surface area contributed by atoms with Crippen molar-refractivity contribution in [2.24, 2.45) is 0 Å². The average molecular weight is 236 g/mol. The molecule has 1 saturated heterocycles. The van der Waals surface area contributed by atoms with Crippen molar-refractivity contribution in [1.29, 1.82) is 0 Å². The lowest BCUT2D eigenvalue weighted by atomic mass is 10.1. The number of rotatable bonds is 2. The van der Waals surface area contributed by atoms with E-state index in [-0.39, 0.29) is 5.75 Å². The fourth-order valence-electron chi connectivity index (χ4n) is 1.83. The summed E-state index contributed by atoms with van der Waals surface area (Å²) in [6, 6.07) is 4.81.